The minimum absolute atomic E-state index is 0.257. The number of hydrogen-bond donors (Lipinski definition) is 1. The number of aryl methyl sites for hydroxylation is 3. The molecule has 0 aromatic heterocycles. The maximum atomic E-state index is 12.1. The van der Waals surface area contributed by atoms with Crippen LogP contribution < -0.4 is 10.2 Å². The molecule has 4 nitrogen and oxygen atoms in total. The van der Waals surface area contributed by atoms with Gasteiger partial charge in [0, 0.05) is 6.54 Å². The summed E-state index contributed by atoms with van der Waals surface area (Å²) in [6, 6.07) is 4.20. The summed E-state index contributed by atoms with van der Waals surface area (Å²) in [5.74, 6) is 0. The molecule has 1 aliphatic heterocycles. The van der Waals surface area contributed by atoms with E-state index in [4.69, 9.17) is 4.74 Å². The normalized spacial score (nSPS) is 22.8. The maximum Gasteiger partial charge on any atom is 0.415 e. The van der Waals surface area contributed by atoms with Gasteiger partial charge in [-0.2, -0.15) is 0 Å². The summed E-state index contributed by atoms with van der Waals surface area (Å²) in [6.45, 7) is 9.33. The molecule has 1 saturated heterocycles. The Labute approximate surface area is 114 Å². The lowest BCUT2D eigenvalue weighted by Gasteiger charge is -2.22. The van der Waals surface area contributed by atoms with Crippen LogP contribution in [-0.2, 0) is 4.74 Å². The number of carbonyl (C=O) groups excluding carboxylic acids is 1. The van der Waals surface area contributed by atoms with Gasteiger partial charge in [-0.3, -0.25) is 4.90 Å². The molecule has 0 saturated carbocycles. The van der Waals surface area contributed by atoms with Crippen LogP contribution in [0.1, 0.15) is 23.6 Å². The van der Waals surface area contributed by atoms with E-state index in [1.807, 2.05) is 27.8 Å². The lowest BCUT2D eigenvalue weighted by Crippen LogP contribution is -2.40. The van der Waals surface area contributed by atoms with Gasteiger partial charge in [0.2, 0.25) is 0 Å². The van der Waals surface area contributed by atoms with Gasteiger partial charge in [0.15, 0.2) is 0 Å². The largest absolute Gasteiger partial charge is 0.440 e. The average Bonchev–Trinajstić information content (AvgIpc) is 2.53. The number of nitrogens with one attached hydrogen (secondary N) is 1. The number of cyclic esters (lactones) is 1. The number of hydrogen-bond acceptors (Lipinski definition) is 3. The zero-order valence-electron chi connectivity index (χ0n) is 12.3. The molecule has 0 radical (unpaired) electrons. The minimum atomic E-state index is -0.463. The van der Waals surface area contributed by atoms with Gasteiger partial charge in [0.1, 0.15) is 5.60 Å². The molecule has 1 atom stereocenters. The van der Waals surface area contributed by atoms with Gasteiger partial charge in [-0.05, 0) is 45.9 Å². The van der Waals surface area contributed by atoms with Crippen molar-refractivity contribution in [3.05, 3.63) is 28.8 Å². The molecule has 1 amide bonds. The van der Waals surface area contributed by atoms with Crippen LogP contribution in [0.4, 0.5) is 10.5 Å². The topological polar surface area (TPSA) is 41.6 Å². The Morgan fingerprint density at radius 3 is 2.42 bits per heavy atom. The first-order valence-corrected chi connectivity index (χ1v) is 6.59. The van der Waals surface area contributed by atoms with Crippen LogP contribution in [0.3, 0.4) is 0 Å². The Bertz CT molecular complexity index is 490. The number of benzene rings is 1. The Balaban J connectivity index is 2.36. The lowest BCUT2D eigenvalue weighted by atomic mass is 10.0. The van der Waals surface area contributed by atoms with Crippen LogP contribution in [0.25, 0.3) is 0 Å². The molecule has 1 aliphatic rings. The summed E-state index contributed by atoms with van der Waals surface area (Å²) < 4.78 is 5.52. The summed E-state index contributed by atoms with van der Waals surface area (Å²) in [7, 11) is 1.87. The Hall–Kier alpha value is -1.55. The predicted octanol–water partition coefficient (Wildman–Crippen LogP) is 2.55. The zero-order valence-corrected chi connectivity index (χ0v) is 12.3. The quantitative estimate of drug-likeness (QED) is 0.910. The molecule has 0 spiro atoms. The Kier molecular flexibility index (Phi) is 3.54. The second-order valence-corrected chi connectivity index (χ2v) is 5.68. The SMILES string of the molecule is CNCC1(C)CN(c2c(C)cc(C)cc2C)C(=O)O1. The predicted molar refractivity (Wildman–Crippen MR) is 76.8 cm³/mol. The van der Waals surface area contributed by atoms with Crippen molar-refractivity contribution in [3.63, 3.8) is 0 Å². The van der Waals surface area contributed by atoms with Gasteiger partial charge < -0.3 is 10.1 Å². The number of carbonyl (C=O) groups is 1. The van der Waals surface area contributed by atoms with Gasteiger partial charge >= 0.3 is 6.09 Å². The Morgan fingerprint density at radius 1 is 1.32 bits per heavy atom. The molecule has 104 valence electrons. The van der Waals surface area contributed by atoms with E-state index >= 15 is 0 Å². The van der Waals surface area contributed by atoms with Gasteiger partial charge in [-0.1, -0.05) is 17.7 Å². The van der Waals surface area contributed by atoms with E-state index < -0.39 is 5.60 Å². The van der Waals surface area contributed by atoms with Crippen LogP contribution in [0.15, 0.2) is 12.1 Å². The van der Waals surface area contributed by atoms with E-state index in [2.05, 4.69) is 24.4 Å². The van der Waals surface area contributed by atoms with Crippen molar-refractivity contribution in [2.24, 2.45) is 0 Å². The highest BCUT2D eigenvalue weighted by Gasteiger charge is 2.42. The third-order valence-electron chi connectivity index (χ3n) is 3.50. The molecule has 1 N–H and O–H groups in total. The molecule has 1 unspecified atom stereocenters. The molecule has 2 rings (SSSR count). The molecule has 0 bridgehead atoms. The highest BCUT2D eigenvalue weighted by molar-refractivity contribution is 5.92. The maximum absolute atomic E-state index is 12.1. The zero-order chi connectivity index (χ0) is 14.2. The number of nitrogens with zero attached hydrogens (tertiary/aromatic N) is 1. The highest BCUT2D eigenvalue weighted by Crippen LogP contribution is 2.33. The molecule has 1 aromatic rings. The number of anilines is 1. The molecule has 1 aromatic carbocycles. The summed E-state index contributed by atoms with van der Waals surface area (Å²) in [4.78, 5) is 13.9. The third kappa shape index (κ3) is 2.59. The first-order valence-electron chi connectivity index (χ1n) is 6.59. The summed E-state index contributed by atoms with van der Waals surface area (Å²) in [5, 5.41) is 3.08. The second-order valence-electron chi connectivity index (χ2n) is 5.68. The number of ether oxygens (including phenoxy) is 1. The monoisotopic (exact) mass is 262 g/mol. The van der Waals surface area contributed by atoms with Crippen LogP contribution in [-0.4, -0.2) is 31.8 Å². The minimum Gasteiger partial charge on any atom is -0.440 e. The van der Waals surface area contributed by atoms with E-state index in [0.29, 0.717) is 13.1 Å². The first kappa shape index (κ1) is 13.9. The molecular weight excluding hydrogens is 240 g/mol. The fraction of sp³-hybridized carbons (Fsp3) is 0.533. The Morgan fingerprint density at radius 2 is 1.89 bits per heavy atom. The van der Waals surface area contributed by atoms with Crippen LogP contribution in [0.2, 0.25) is 0 Å². The van der Waals surface area contributed by atoms with E-state index in [1.54, 1.807) is 4.90 Å². The number of amides is 1. The average molecular weight is 262 g/mol. The fourth-order valence-electron chi connectivity index (χ4n) is 2.93. The van der Waals surface area contributed by atoms with Crippen LogP contribution in [0.5, 0.6) is 0 Å². The molecule has 0 aliphatic carbocycles. The van der Waals surface area contributed by atoms with Gasteiger partial charge in [-0.25, -0.2) is 4.79 Å². The van der Waals surface area contributed by atoms with Gasteiger partial charge in [0.05, 0.1) is 12.2 Å². The molecule has 4 heteroatoms. The van der Waals surface area contributed by atoms with Crippen molar-refractivity contribution in [1.82, 2.24) is 5.32 Å². The number of rotatable bonds is 3. The summed E-state index contributed by atoms with van der Waals surface area (Å²) in [5.41, 5.74) is 3.96. The fourth-order valence-corrected chi connectivity index (χ4v) is 2.93. The van der Waals surface area contributed by atoms with Crippen molar-refractivity contribution in [2.45, 2.75) is 33.3 Å². The van der Waals surface area contributed by atoms with E-state index in [0.717, 1.165) is 16.8 Å². The van der Waals surface area contributed by atoms with E-state index in [-0.39, 0.29) is 6.09 Å². The molecule has 1 heterocycles. The van der Waals surface area contributed by atoms with Crippen LogP contribution >= 0.6 is 0 Å². The van der Waals surface area contributed by atoms with Gasteiger partial charge in [-0.15, -0.1) is 0 Å². The van der Waals surface area contributed by atoms with E-state index in [1.165, 1.54) is 5.56 Å². The van der Waals surface area contributed by atoms with Crippen molar-refractivity contribution in [3.8, 4) is 0 Å². The highest BCUT2D eigenvalue weighted by atomic mass is 16.6. The summed E-state index contributed by atoms with van der Waals surface area (Å²) >= 11 is 0. The van der Waals surface area contributed by atoms with Crippen molar-refractivity contribution >= 4 is 11.8 Å². The van der Waals surface area contributed by atoms with E-state index in [9.17, 15) is 4.79 Å². The summed E-state index contributed by atoms with van der Waals surface area (Å²) in [6.07, 6.45) is -0.257. The third-order valence-corrected chi connectivity index (χ3v) is 3.50. The van der Waals surface area contributed by atoms with Crippen molar-refractivity contribution in [1.29, 1.82) is 0 Å². The number of likely N-dealkylation sites (N-methyl/N-ethyl adjacent to an activating group) is 1. The lowest BCUT2D eigenvalue weighted by molar-refractivity contribution is 0.0734. The molecule has 19 heavy (non-hydrogen) atoms. The van der Waals surface area contributed by atoms with Crippen LogP contribution in [0, 0.1) is 20.8 Å². The van der Waals surface area contributed by atoms with Gasteiger partial charge in [0.25, 0.3) is 0 Å². The van der Waals surface area contributed by atoms with Crippen molar-refractivity contribution < 1.29 is 9.53 Å². The standard InChI is InChI=1S/C15H22N2O2/c1-10-6-11(2)13(12(3)7-10)17-9-15(4,8-16-5)19-14(17)18/h6-7,16H,8-9H2,1-5H3. The first-order chi connectivity index (χ1) is 8.86. The smallest absolute Gasteiger partial charge is 0.415 e. The van der Waals surface area contributed by atoms with Crippen molar-refractivity contribution in [2.75, 3.05) is 25.0 Å². The molecular formula is C15H22N2O2. The second kappa shape index (κ2) is 4.85. The molecule has 1 fully saturated rings.